The van der Waals surface area contributed by atoms with Crippen molar-refractivity contribution in [1.82, 2.24) is 9.13 Å². The van der Waals surface area contributed by atoms with Crippen molar-refractivity contribution in [2.24, 2.45) is 17.3 Å². The lowest BCUT2D eigenvalue weighted by molar-refractivity contribution is 0.412. The molecule has 0 aliphatic rings. The smallest absolute Gasteiger partial charge is 0.261 e. The minimum atomic E-state index is -0.270. The third-order valence-electron chi connectivity index (χ3n) is 5.73. The summed E-state index contributed by atoms with van der Waals surface area (Å²) >= 11 is 1.53. The molecule has 170 valence electrons. The molecule has 5 aromatic rings. The number of hydrogen-bond acceptors (Lipinski definition) is 6. The highest BCUT2D eigenvalue weighted by Gasteiger charge is 2.15. The van der Waals surface area contributed by atoms with Gasteiger partial charge in [-0.1, -0.05) is 53.8 Å². The Morgan fingerprint density at radius 1 is 1.00 bits per heavy atom. The Labute approximate surface area is 199 Å². The van der Waals surface area contributed by atoms with Crippen molar-refractivity contribution in [1.29, 1.82) is 0 Å². The largest absolute Gasteiger partial charge is 0.497 e. The number of aromatic nitrogens is 2. The van der Waals surface area contributed by atoms with Gasteiger partial charge in [-0.05, 0) is 35.9 Å². The molecule has 1 N–H and O–H groups in total. The zero-order valence-electron chi connectivity index (χ0n) is 18.7. The van der Waals surface area contributed by atoms with Crippen LogP contribution in [0.1, 0.15) is 11.1 Å². The minimum Gasteiger partial charge on any atom is -0.497 e. The number of pyridine rings is 1. The van der Waals surface area contributed by atoms with Gasteiger partial charge in [0.05, 0.1) is 35.6 Å². The highest BCUT2D eigenvalue weighted by molar-refractivity contribution is 7.16. The van der Waals surface area contributed by atoms with Crippen LogP contribution in [-0.4, -0.2) is 27.6 Å². The molecule has 0 spiro atoms. The summed E-state index contributed by atoms with van der Waals surface area (Å²) in [5.74, 6) is 0.571. The molecule has 34 heavy (non-hydrogen) atoms. The molecule has 0 amide bonds. The number of ether oxygens (including phenoxy) is 1. The first-order chi connectivity index (χ1) is 16.6. The van der Waals surface area contributed by atoms with Crippen LogP contribution >= 0.6 is 11.3 Å². The molecule has 0 saturated carbocycles. The predicted molar refractivity (Wildman–Crippen MR) is 136 cm³/mol. The summed E-state index contributed by atoms with van der Waals surface area (Å²) in [5.41, 5.74) is 2.10. The van der Waals surface area contributed by atoms with E-state index in [1.54, 1.807) is 25.3 Å². The van der Waals surface area contributed by atoms with E-state index in [9.17, 15) is 9.90 Å². The quantitative estimate of drug-likeness (QED) is 0.308. The Hall–Kier alpha value is -4.17. The predicted octanol–water partition coefficient (Wildman–Crippen LogP) is 4.25. The first-order valence-corrected chi connectivity index (χ1v) is 11.5. The van der Waals surface area contributed by atoms with Crippen molar-refractivity contribution >= 4 is 38.5 Å². The molecule has 8 heteroatoms. The van der Waals surface area contributed by atoms with Crippen molar-refractivity contribution < 1.29 is 9.84 Å². The van der Waals surface area contributed by atoms with Gasteiger partial charge in [0, 0.05) is 17.8 Å². The van der Waals surface area contributed by atoms with Gasteiger partial charge in [-0.25, -0.2) is 0 Å². The monoisotopic (exact) mass is 470 g/mol. The van der Waals surface area contributed by atoms with E-state index in [0.29, 0.717) is 16.3 Å². The number of aromatic hydroxyl groups is 1. The molecule has 2 aromatic heterocycles. The lowest BCUT2D eigenvalue weighted by Gasteiger charge is -2.13. The number of rotatable bonds is 5. The van der Waals surface area contributed by atoms with E-state index in [1.807, 2.05) is 66.2 Å². The highest BCUT2D eigenvalue weighted by Crippen LogP contribution is 2.24. The first-order valence-electron chi connectivity index (χ1n) is 10.7. The topological polar surface area (TPSA) is 81.1 Å². The molecule has 0 aliphatic heterocycles. The van der Waals surface area contributed by atoms with Gasteiger partial charge < -0.3 is 14.4 Å². The van der Waals surface area contributed by atoms with Crippen molar-refractivity contribution in [3.8, 4) is 11.6 Å². The number of aryl methyl sites for hydroxylation is 1. The zero-order valence-corrected chi connectivity index (χ0v) is 19.5. The van der Waals surface area contributed by atoms with Crippen LogP contribution in [-0.2, 0) is 13.6 Å². The molecule has 3 aromatic carbocycles. The van der Waals surface area contributed by atoms with Crippen molar-refractivity contribution in [2.45, 2.75) is 6.54 Å². The van der Waals surface area contributed by atoms with Crippen LogP contribution in [0.2, 0.25) is 0 Å². The summed E-state index contributed by atoms with van der Waals surface area (Å²) in [6, 6.07) is 22.6. The normalized spacial score (nSPS) is 12.2. The summed E-state index contributed by atoms with van der Waals surface area (Å²) in [4.78, 5) is 13.9. The number of thiazole rings is 1. The highest BCUT2D eigenvalue weighted by atomic mass is 32.1. The van der Waals surface area contributed by atoms with Crippen molar-refractivity contribution in [2.75, 3.05) is 7.11 Å². The maximum atomic E-state index is 13.2. The lowest BCUT2D eigenvalue weighted by Crippen LogP contribution is -2.22. The van der Waals surface area contributed by atoms with E-state index in [4.69, 9.17) is 4.74 Å². The number of hydrogen-bond donors (Lipinski definition) is 1. The molecule has 0 fully saturated rings. The van der Waals surface area contributed by atoms with Gasteiger partial charge in [-0.3, -0.25) is 9.36 Å². The van der Waals surface area contributed by atoms with Gasteiger partial charge in [0.1, 0.15) is 5.75 Å². The van der Waals surface area contributed by atoms with Crippen LogP contribution in [0.25, 0.3) is 21.0 Å². The summed E-state index contributed by atoms with van der Waals surface area (Å²) < 4.78 is 9.64. The molecule has 0 atom stereocenters. The van der Waals surface area contributed by atoms with Crippen LogP contribution in [0.5, 0.6) is 11.6 Å². The van der Waals surface area contributed by atoms with E-state index in [1.165, 1.54) is 22.1 Å². The van der Waals surface area contributed by atoms with Crippen LogP contribution in [0.15, 0.2) is 87.8 Å². The van der Waals surface area contributed by atoms with E-state index in [0.717, 1.165) is 26.3 Å². The second-order valence-corrected chi connectivity index (χ2v) is 8.79. The van der Waals surface area contributed by atoms with Gasteiger partial charge in [-0.15, -0.1) is 5.10 Å². The van der Waals surface area contributed by atoms with Gasteiger partial charge in [0.15, 0.2) is 0 Å². The number of nitrogens with zero attached hydrogens (tertiary/aromatic N) is 4. The summed E-state index contributed by atoms with van der Waals surface area (Å²) in [6.45, 7) is 0.211. The number of para-hydroxylation sites is 1. The number of benzene rings is 3. The standard InChI is InChI=1S/C26H22N4O3S/c1-29-22-9-5-6-10-23(22)34-26(29)28-27-15-21-19-7-3-4-8-20(19)24(31)30(25(21)32)16-17-11-13-18(33-2)14-12-17/h3-15,32H,16H2,1-2H3/b27-15+,28-26?. The second kappa shape index (κ2) is 8.99. The molecule has 5 rings (SSSR count). The molecular weight excluding hydrogens is 448 g/mol. The second-order valence-electron chi connectivity index (χ2n) is 7.78. The SMILES string of the molecule is COc1ccc(Cn2c(O)c(/C=N/N=c3sc4ccccc4n3C)c3ccccc3c2=O)cc1. The van der Waals surface area contributed by atoms with Crippen molar-refractivity contribution in [3.05, 3.63) is 99.1 Å². The third kappa shape index (κ3) is 3.88. The van der Waals surface area contributed by atoms with E-state index in [-0.39, 0.29) is 18.0 Å². The summed E-state index contributed by atoms with van der Waals surface area (Å²) in [6.07, 6.45) is 1.51. The summed E-state index contributed by atoms with van der Waals surface area (Å²) in [7, 11) is 3.54. The molecule has 0 bridgehead atoms. The Morgan fingerprint density at radius 3 is 2.44 bits per heavy atom. The fourth-order valence-corrected chi connectivity index (χ4v) is 4.89. The minimum absolute atomic E-state index is 0.154. The molecule has 0 unspecified atom stereocenters. The fourth-order valence-electron chi connectivity index (χ4n) is 3.91. The van der Waals surface area contributed by atoms with Crippen LogP contribution < -0.4 is 15.1 Å². The number of fused-ring (bicyclic) bond motifs is 2. The zero-order chi connectivity index (χ0) is 23.7. The average molecular weight is 471 g/mol. The van der Waals surface area contributed by atoms with Gasteiger partial charge in [-0.2, -0.15) is 5.10 Å². The van der Waals surface area contributed by atoms with Crippen LogP contribution in [0, 0.1) is 0 Å². The van der Waals surface area contributed by atoms with Crippen LogP contribution in [0.4, 0.5) is 0 Å². The molecule has 7 nitrogen and oxygen atoms in total. The first kappa shape index (κ1) is 21.7. The molecule has 2 heterocycles. The molecule has 0 saturated heterocycles. The third-order valence-corrected chi connectivity index (χ3v) is 6.84. The average Bonchev–Trinajstić information content (AvgIpc) is 3.19. The van der Waals surface area contributed by atoms with Gasteiger partial charge >= 0.3 is 0 Å². The lowest BCUT2D eigenvalue weighted by atomic mass is 10.1. The fraction of sp³-hybridized carbons (Fsp3) is 0.115. The molecule has 0 radical (unpaired) electrons. The Bertz CT molecular complexity index is 1660. The molecule has 0 aliphatic carbocycles. The molecular formula is C26H22N4O3S. The van der Waals surface area contributed by atoms with E-state index >= 15 is 0 Å². The van der Waals surface area contributed by atoms with E-state index in [2.05, 4.69) is 10.2 Å². The van der Waals surface area contributed by atoms with E-state index < -0.39 is 0 Å². The summed E-state index contributed by atoms with van der Waals surface area (Å²) in [5, 5.41) is 20.9. The van der Waals surface area contributed by atoms with Gasteiger partial charge in [0.2, 0.25) is 10.7 Å². The maximum absolute atomic E-state index is 13.2. The Morgan fingerprint density at radius 2 is 1.71 bits per heavy atom. The number of methoxy groups -OCH3 is 1. The maximum Gasteiger partial charge on any atom is 0.261 e. The van der Waals surface area contributed by atoms with Crippen LogP contribution in [0.3, 0.4) is 0 Å². The van der Waals surface area contributed by atoms with Gasteiger partial charge in [0.25, 0.3) is 5.56 Å². The Balaban J connectivity index is 1.61. The van der Waals surface area contributed by atoms with Crippen molar-refractivity contribution in [3.63, 3.8) is 0 Å². The Kier molecular flexibility index (Phi) is 5.73.